The van der Waals surface area contributed by atoms with Gasteiger partial charge in [-0.3, -0.25) is 9.59 Å². The van der Waals surface area contributed by atoms with Gasteiger partial charge in [0.05, 0.1) is 5.02 Å². The minimum absolute atomic E-state index is 0.0276. The number of ether oxygens (including phenoxy) is 2. The lowest BCUT2D eigenvalue weighted by molar-refractivity contribution is -0.121. The van der Waals surface area contributed by atoms with E-state index in [-0.39, 0.29) is 18.0 Å². The number of pyridine rings is 1. The zero-order valence-electron chi connectivity index (χ0n) is 13.3. The first-order chi connectivity index (χ1) is 12.0. The van der Waals surface area contributed by atoms with Gasteiger partial charge in [0.2, 0.25) is 5.91 Å². The van der Waals surface area contributed by atoms with Crippen LogP contribution in [0, 0.1) is 0 Å². The van der Waals surface area contributed by atoms with E-state index >= 15 is 0 Å². The number of carbonyl (C=O) groups excluding carboxylic acids is 1. The van der Waals surface area contributed by atoms with E-state index < -0.39 is 0 Å². The maximum absolute atomic E-state index is 12.0. The number of hydrogen-bond acceptors (Lipinski definition) is 4. The van der Waals surface area contributed by atoms with E-state index in [1.807, 2.05) is 6.07 Å². The molecule has 6 nitrogen and oxygen atoms in total. The normalized spacial score (nSPS) is 12.7. The van der Waals surface area contributed by atoms with Crippen molar-refractivity contribution in [3.05, 3.63) is 55.9 Å². The quantitative estimate of drug-likeness (QED) is 0.795. The van der Waals surface area contributed by atoms with Gasteiger partial charge in [0, 0.05) is 23.3 Å². The van der Waals surface area contributed by atoms with Gasteiger partial charge in [-0.2, -0.15) is 0 Å². The van der Waals surface area contributed by atoms with Gasteiger partial charge in [-0.15, -0.1) is 0 Å². The van der Waals surface area contributed by atoms with Crippen molar-refractivity contribution in [1.82, 2.24) is 9.88 Å². The molecule has 2 aromatic rings. The van der Waals surface area contributed by atoms with E-state index in [9.17, 15) is 9.59 Å². The first-order valence-electron chi connectivity index (χ1n) is 7.73. The maximum Gasteiger partial charge on any atom is 0.251 e. The van der Waals surface area contributed by atoms with Crippen LogP contribution >= 0.6 is 27.5 Å². The van der Waals surface area contributed by atoms with Gasteiger partial charge >= 0.3 is 0 Å². The summed E-state index contributed by atoms with van der Waals surface area (Å²) in [7, 11) is 0. The third-order valence-corrected chi connectivity index (χ3v) is 4.40. The van der Waals surface area contributed by atoms with Crippen LogP contribution in [0.5, 0.6) is 11.5 Å². The second kappa shape index (κ2) is 7.93. The van der Waals surface area contributed by atoms with Crippen LogP contribution in [0.25, 0.3) is 0 Å². The van der Waals surface area contributed by atoms with Crippen molar-refractivity contribution < 1.29 is 14.3 Å². The molecular formula is C17H16BrClN2O4. The molecule has 1 aliphatic heterocycles. The third kappa shape index (κ3) is 4.55. The highest BCUT2D eigenvalue weighted by molar-refractivity contribution is 9.10. The monoisotopic (exact) mass is 426 g/mol. The van der Waals surface area contributed by atoms with Crippen molar-refractivity contribution in [1.29, 1.82) is 0 Å². The second-order valence-electron chi connectivity index (χ2n) is 5.52. The Hall–Kier alpha value is -1.99. The summed E-state index contributed by atoms with van der Waals surface area (Å²) < 4.78 is 13.1. The van der Waals surface area contributed by atoms with Crippen molar-refractivity contribution in [2.75, 3.05) is 19.8 Å². The van der Waals surface area contributed by atoms with Gasteiger partial charge in [-0.1, -0.05) is 11.6 Å². The highest BCUT2D eigenvalue weighted by Crippen LogP contribution is 2.38. The van der Waals surface area contributed by atoms with E-state index in [4.69, 9.17) is 21.1 Å². The number of nitrogens with one attached hydrogen (secondary N) is 1. The molecule has 0 saturated heterocycles. The van der Waals surface area contributed by atoms with Gasteiger partial charge in [0.15, 0.2) is 11.5 Å². The zero-order chi connectivity index (χ0) is 17.8. The molecule has 1 aromatic carbocycles. The van der Waals surface area contributed by atoms with Gasteiger partial charge in [-0.25, -0.2) is 0 Å². The smallest absolute Gasteiger partial charge is 0.251 e. The van der Waals surface area contributed by atoms with Crippen LogP contribution in [-0.2, 0) is 17.8 Å². The van der Waals surface area contributed by atoms with Gasteiger partial charge in [-0.05, 0) is 46.1 Å². The molecule has 132 valence electrons. The molecule has 8 heteroatoms. The van der Waals surface area contributed by atoms with Crippen LogP contribution < -0.4 is 20.3 Å². The summed E-state index contributed by atoms with van der Waals surface area (Å²) >= 11 is 9.47. The van der Waals surface area contributed by atoms with E-state index in [2.05, 4.69) is 21.2 Å². The molecule has 0 aliphatic carbocycles. The second-order valence-corrected chi connectivity index (χ2v) is 6.84. The van der Waals surface area contributed by atoms with Gasteiger partial charge in [0.1, 0.15) is 19.8 Å². The number of aromatic nitrogens is 1. The number of carbonyl (C=O) groups is 1. The van der Waals surface area contributed by atoms with Crippen LogP contribution in [-0.4, -0.2) is 30.2 Å². The molecule has 0 bridgehead atoms. The van der Waals surface area contributed by atoms with E-state index in [0.29, 0.717) is 42.7 Å². The zero-order valence-corrected chi connectivity index (χ0v) is 15.6. The molecule has 3 rings (SSSR count). The average Bonchev–Trinajstić information content (AvgIpc) is 2.58. The molecule has 2 heterocycles. The summed E-state index contributed by atoms with van der Waals surface area (Å²) in [6, 6.07) is 6.72. The Bertz CT molecular complexity index is 853. The van der Waals surface area contributed by atoms with Crippen LogP contribution in [0.4, 0.5) is 0 Å². The molecule has 25 heavy (non-hydrogen) atoms. The minimum atomic E-state index is -0.233. The van der Waals surface area contributed by atoms with Crippen molar-refractivity contribution in [2.24, 2.45) is 0 Å². The highest BCUT2D eigenvalue weighted by Gasteiger charge is 2.16. The molecule has 0 spiro atoms. The molecule has 0 fully saturated rings. The summed E-state index contributed by atoms with van der Waals surface area (Å²) in [6.45, 7) is 1.37. The van der Waals surface area contributed by atoms with Crippen molar-refractivity contribution in [3.8, 4) is 11.5 Å². The molecule has 0 atom stereocenters. The summed E-state index contributed by atoms with van der Waals surface area (Å²) in [4.78, 5) is 23.7. The van der Waals surface area contributed by atoms with E-state index in [0.717, 1.165) is 10.0 Å². The fourth-order valence-corrected chi connectivity index (χ4v) is 3.16. The molecule has 0 saturated carbocycles. The number of benzene rings is 1. The summed E-state index contributed by atoms with van der Waals surface area (Å²) in [5, 5.41) is 3.30. The van der Waals surface area contributed by atoms with E-state index in [1.54, 1.807) is 18.3 Å². The van der Waals surface area contributed by atoms with Crippen molar-refractivity contribution >= 4 is 33.4 Å². The average molecular weight is 428 g/mol. The highest BCUT2D eigenvalue weighted by atomic mass is 79.9. The van der Waals surface area contributed by atoms with Crippen LogP contribution in [0.1, 0.15) is 5.56 Å². The van der Waals surface area contributed by atoms with Crippen LogP contribution in [0.2, 0.25) is 5.02 Å². The lowest BCUT2D eigenvalue weighted by Crippen LogP contribution is -2.33. The minimum Gasteiger partial charge on any atom is -0.486 e. The molecule has 1 aromatic heterocycles. The third-order valence-electron chi connectivity index (χ3n) is 3.65. The molecule has 0 radical (unpaired) electrons. The number of nitrogens with zero attached hydrogens (tertiary/aromatic N) is 1. The molecule has 1 amide bonds. The number of amides is 1. The van der Waals surface area contributed by atoms with E-state index in [1.165, 1.54) is 10.6 Å². The topological polar surface area (TPSA) is 69.6 Å². The van der Waals surface area contributed by atoms with Crippen molar-refractivity contribution in [3.63, 3.8) is 0 Å². The van der Waals surface area contributed by atoms with Gasteiger partial charge < -0.3 is 19.4 Å². The number of halogens is 2. The Morgan fingerprint density at radius 3 is 2.92 bits per heavy atom. The molecular weight excluding hydrogens is 412 g/mol. The summed E-state index contributed by atoms with van der Waals surface area (Å²) in [5.41, 5.74) is 0.714. The first kappa shape index (κ1) is 17.8. The molecule has 0 unspecified atom stereocenters. The predicted octanol–water partition coefficient (Wildman–Crippen LogP) is 2.39. The fourth-order valence-electron chi connectivity index (χ4n) is 2.49. The fraction of sp³-hybridized carbons (Fsp3) is 0.294. The Labute approximate surface area is 157 Å². The predicted molar refractivity (Wildman–Crippen MR) is 97.6 cm³/mol. The summed E-state index contributed by atoms with van der Waals surface area (Å²) in [5.74, 6) is 0.958. The SMILES string of the molecule is O=C(Cn1cc(Br)ccc1=O)NCCc1cc(Cl)c2c(c1)OCCO2. The lowest BCUT2D eigenvalue weighted by atomic mass is 10.1. The first-order valence-corrected chi connectivity index (χ1v) is 8.91. The number of rotatable bonds is 5. The van der Waals surface area contributed by atoms with Crippen LogP contribution in [0.3, 0.4) is 0 Å². The van der Waals surface area contributed by atoms with Crippen molar-refractivity contribution in [2.45, 2.75) is 13.0 Å². The van der Waals surface area contributed by atoms with Crippen LogP contribution in [0.15, 0.2) is 39.7 Å². The Morgan fingerprint density at radius 2 is 2.08 bits per heavy atom. The van der Waals surface area contributed by atoms with Gasteiger partial charge in [0.25, 0.3) is 5.56 Å². The summed E-state index contributed by atoms with van der Waals surface area (Å²) in [6.07, 6.45) is 2.18. The Balaban J connectivity index is 1.56. The number of hydrogen-bond donors (Lipinski definition) is 1. The lowest BCUT2D eigenvalue weighted by Gasteiger charge is -2.20. The largest absolute Gasteiger partial charge is 0.486 e. The molecule has 1 N–H and O–H groups in total. The number of fused-ring (bicyclic) bond motifs is 1. The Morgan fingerprint density at radius 1 is 1.28 bits per heavy atom. The standard InChI is InChI=1S/C17H16BrClN2O4/c18-12-1-2-16(23)21(9-12)10-15(22)20-4-3-11-7-13(19)17-14(8-11)24-5-6-25-17/h1-2,7-9H,3-6,10H2,(H,20,22). The maximum atomic E-state index is 12.0. The molecule has 1 aliphatic rings. The Kier molecular flexibility index (Phi) is 5.65.